The molecule has 90 valence electrons. The maximum absolute atomic E-state index is 10.6. The number of rotatable bonds is 5. The van der Waals surface area contributed by atoms with E-state index in [1.165, 1.54) is 6.08 Å². The predicted molar refractivity (Wildman–Crippen MR) is 65.5 cm³/mol. The average molecular weight is 300 g/mol. The summed E-state index contributed by atoms with van der Waals surface area (Å²) in [6, 6.07) is 5.11. The lowest BCUT2D eigenvalue weighted by molar-refractivity contribution is -0.131. The summed E-state index contributed by atoms with van der Waals surface area (Å²) in [4.78, 5) is 21.1. The Hall–Kier alpha value is -1.82. The molecule has 0 atom stereocenters. The van der Waals surface area contributed by atoms with E-state index < -0.39 is 11.9 Å². The van der Waals surface area contributed by atoms with E-state index in [4.69, 9.17) is 15.6 Å². The van der Waals surface area contributed by atoms with E-state index in [2.05, 4.69) is 15.9 Å². The fourth-order valence-corrected chi connectivity index (χ4v) is 1.61. The molecule has 0 aliphatic carbocycles. The minimum Gasteiger partial charge on any atom is -0.482 e. The van der Waals surface area contributed by atoms with Crippen molar-refractivity contribution in [1.82, 2.24) is 0 Å². The summed E-state index contributed by atoms with van der Waals surface area (Å²) >= 11 is 3.25. The van der Waals surface area contributed by atoms with E-state index in [1.807, 2.05) is 0 Å². The van der Waals surface area contributed by atoms with Gasteiger partial charge in [0, 0.05) is 11.6 Å². The van der Waals surface area contributed by atoms with Gasteiger partial charge in [0.1, 0.15) is 5.75 Å². The summed E-state index contributed by atoms with van der Waals surface area (Å²) in [7, 11) is 0. The van der Waals surface area contributed by atoms with Gasteiger partial charge in [-0.2, -0.15) is 0 Å². The standard InChI is InChI=1S/C11H10BrNO4/c12-8-3-1-2-7(4-5-10(15)16)11(8)17-6-9(13)14/h1-5H,6H2,(H2,13,14)(H,15,16). The Morgan fingerprint density at radius 3 is 2.76 bits per heavy atom. The second-order valence-electron chi connectivity index (χ2n) is 3.08. The number of carbonyl (C=O) groups excluding carboxylic acids is 1. The lowest BCUT2D eigenvalue weighted by atomic mass is 10.2. The first-order valence-corrected chi connectivity index (χ1v) is 5.40. The predicted octanol–water partition coefficient (Wildman–Crippen LogP) is 1.41. The van der Waals surface area contributed by atoms with Gasteiger partial charge < -0.3 is 15.6 Å². The van der Waals surface area contributed by atoms with Gasteiger partial charge in [0.2, 0.25) is 0 Å². The molecule has 0 heterocycles. The molecule has 6 heteroatoms. The first-order chi connectivity index (χ1) is 8.00. The summed E-state index contributed by atoms with van der Waals surface area (Å²) in [5.74, 6) is -1.29. The highest BCUT2D eigenvalue weighted by molar-refractivity contribution is 9.10. The highest BCUT2D eigenvalue weighted by Crippen LogP contribution is 2.29. The van der Waals surface area contributed by atoms with Crippen LogP contribution in [-0.2, 0) is 9.59 Å². The van der Waals surface area contributed by atoms with E-state index >= 15 is 0 Å². The van der Waals surface area contributed by atoms with Gasteiger partial charge in [-0.05, 0) is 28.1 Å². The molecule has 17 heavy (non-hydrogen) atoms. The molecule has 0 unspecified atom stereocenters. The van der Waals surface area contributed by atoms with E-state index in [0.717, 1.165) is 6.08 Å². The van der Waals surface area contributed by atoms with Crippen LogP contribution >= 0.6 is 15.9 Å². The molecule has 1 aromatic carbocycles. The Morgan fingerprint density at radius 1 is 1.47 bits per heavy atom. The van der Waals surface area contributed by atoms with E-state index in [0.29, 0.717) is 15.8 Å². The van der Waals surface area contributed by atoms with Gasteiger partial charge in [0.25, 0.3) is 5.91 Å². The van der Waals surface area contributed by atoms with Crippen LogP contribution in [-0.4, -0.2) is 23.6 Å². The number of aliphatic carboxylic acids is 1. The number of hydrogen-bond acceptors (Lipinski definition) is 3. The molecule has 0 radical (unpaired) electrons. The molecule has 0 saturated heterocycles. The number of halogens is 1. The number of primary amides is 1. The molecule has 0 aliphatic heterocycles. The van der Waals surface area contributed by atoms with Gasteiger partial charge in [-0.3, -0.25) is 4.79 Å². The number of carboxylic acid groups (broad SMARTS) is 1. The molecule has 0 aliphatic rings. The highest BCUT2D eigenvalue weighted by atomic mass is 79.9. The van der Waals surface area contributed by atoms with E-state index in [-0.39, 0.29) is 6.61 Å². The molecule has 0 saturated carbocycles. The van der Waals surface area contributed by atoms with E-state index in [9.17, 15) is 9.59 Å². The van der Waals surface area contributed by atoms with Crippen LogP contribution in [0.3, 0.4) is 0 Å². The number of carbonyl (C=O) groups is 2. The normalized spacial score (nSPS) is 10.4. The first-order valence-electron chi connectivity index (χ1n) is 4.61. The van der Waals surface area contributed by atoms with Crippen molar-refractivity contribution in [3.8, 4) is 5.75 Å². The number of para-hydroxylation sites is 1. The van der Waals surface area contributed by atoms with Gasteiger partial charge in [-0.25, -0.2) is 4.79 Å². The van der Waals surface area contributed by atoms with Crippen molar-refractivity contribution in [2.24, 2.45) is 5.73 Å². The molecular weight excluding hydrogens is 290 g/mol. The summed E-state index contributed by atoms with van der Waals surface area (Å²) in [5.41, 5.74) is 5.52. The number of hydrogen-bond donors (Lipinski definition) is 2. The highest BCUT2D eigenvalue weighted by Gasteiger charge is 2.07. The summed E-state index contributed by atoms with van der Waals surface area (Å²) < 4.78 is 5.81. The third-order valence-electron chi connectivity index (χ3n) is 1.76. The van der Waals surface area contributed by atoms with Crippen molar-refractivity contribution in [2.75, 3.05) is 6.61 Å². The second kappa shape index (κ2) is 6.05. The van der Waals surface area contributed by atoms with Crippen molar-refractivity contribution in [3.63, 3.8) is 0 Å². The van der Waals surface area contributed by atoms with Gasteiger partial charge in [-0.15, -0.1) is 0 Å². The monoisotopic (exact) mass is 299 g/mol. The number of benzene rings is 1. The van der Waals surface area contributed by atoms with Crippen LogP contribution < -0.4 is 10.5 Å². The minimum absolute atomic E-state index is 0.267. The van der Waals surface area contributed by atoms with Crippen LogP contribution in [0, 0.1) is 0 Å². The number of carboxylic acids is 1. The van der Waals surface area contributed by atoms with Gasteiger partial charge in [0.05, 0.1) is 4.47 Å². The molecule has 0 fully saturated rings. The average Bonchev–Trinajstić information content (AvgIpc) is 2.24. The maximum atomic E-state index is 10.6. The second-order valence-corrected chi connectivity index (χ2v) is 3.94. The van der Waals surface area contributed by atoms with Crippen LogP contribution in [0.15, 0.2) is 28.7 Å². The largest absolute Gasteiger partial charge is 0.482 e. The molecule has 1 amide bonds. The zero-order chi connectivity index (χ0) is 12.8. The minimum atomic E-state index is -1.06. The Labute approximate surface area is 106 Å². The van der Waals surface area contributed by atoms with Crippen LogP contribution in [0.2, 0.25) is 0 Å². The fraction of sp³-hybridized carbons (Fsp3) is 0.0909. The van der Waals surface area contributed by atoms with Crippen molar-refractivity contribution < 1.29 is 19.4 Å². The summed E-state index contributed by atoms with van der Waals surface area (Å²) in [6.45, 7) is -0.267. The molecule has 0 aromatic heterocycles. The Kier molecular flexibility index (Phi) is 4.71. The molecule has 1 rings (SSSR count). The molecule has 0 spiro atoms. The maximum Gasteiger partial charge on any atom is 0.328 e. The van der Waals surface area contributed by atoms with Crippen LogP contribution in [0.4, 0.5) is 0 Å². The van der Waals surface area contributed by atoms with Crippen molar-refractivity contribution in [3.05, 3.63) is 34.3 Å². The number of nitrogens with two attached hydrogens (primary N) is 1. The Morgan fingerprint density at radius 2 is 2.18 bits per heavy atom. The Bertz CT molecular complexity index is 471. The van der Waals surface area contributed by atoms with Gasteiger partial charge >= 0.3 is 5.97 Å². The van der Waals surface area contributed by atoms with Crippen molar-refractivity contribution in [2.45, 2.75) is 0 Å². The summed E-state index contributed by atoms with van der Waals surface area (Å²) in [6.07, 6.45) is 2.36. The molecule has 1 aromatic rings. The van der Waals surface area contributed by atoms with Gasteiger partial charge in [-0.1, -0.05) is 12.1 Å². The molecular formula is C11H10BrNO4. The number of ether oxygens (including phenoxy) is 1. The zero-order valence-electron chi connectivity index (χ0n) is 8.72. The van der Waals surface area contributed by atoms with Crippen LogP contribution in [0.25, 0.3) is 6.08 Å². The fourth-order valence-electron chi connectivity index (χ4n) is 1.11. The van der Waals surface area contributed by atoms with Crippen LogP contribution in [0.1, 0.15) is 5.56 Å². The van der Waals surface area contributed by atoms with Crippen molar-refractivity contribution in [1.29, 1.82) is 0 Å². The van der Waals surface area contributed by atoms with E-state index in [1.54, 1.807) is 18.2 Å². The lowest BCUT2D eigenvalue weighted by Gasteiger charge is -2.09. The summed E-state index contributed by atoms with van der Waals surface area (Å²) in [5, 5.41) is 8.54. The molecule has 0 bridgehead atoms. The molecule has 5 nitrogen and oxygen atoms in total. The smallest absolute Gasteiger partial charge is 0.328 e. The van der Waals surface area contributed by atoms with Crippen molar-refractivity contribution >= 4 is 33.9 Å². The quantitative estimate of drug-likeness (QED) is 0.805. The first kappa shape index (κ1) is 13.2. The van der Waals surface area contributed by atoms with Crippen LogP contribution in [0.5, 0.6) is 5.75 Å². The zero-order valence-corrected chi connectivity index (χ0v) is 10.3. The number of amides is 1. The lowest BCUT2D eigenvalue weighted by Crippen LogP contribution is -2.20. The SMILES string of the molecule is NC(=O)COc1c(Br)cccc1C=CC(=O)O. The third-order valence-corrected chi connectivity index (χ3v) is 2.39. The third kappa shape index (κ3) is 4.28. The Balaban J connectivity index is 2.99. The van der Waals surface area contributed by atoms with Gasteiger partial charge in [0.15, 0.2) is 6.61 Å². The molecule has 3 N–H and O–H groups in total. The topological polar surface area (TPSA) is 89.6 Å².